The van der Waals surface area contributed by atoms with E-state index >= 15 is 0 Å². The summed E-state index contributed by atoms with van der Waals surface area (Å²) in [5, 5.41) is 11.0. The van der Waals surface area contributed by atoms with E-state index in [1.54, 1.807) is 6.08 Å². The minimum atomic E-state index is -0.970. The Morgan fingerprint density at radius 2 is 1.88 bits per heavy atom. The summed E-state index contributed by atoms with van der Waals surface area (Å²) in [5.41, 5.74) is 1.91. The Morgan fingerprint density at radius 1 is 1.08 bits per heavy atom. The van der Waals surface area contributed by atoms with Crippen molar-refractivity contribution in [1.82, 2.24) is 0 Å². The quantitative estimate of drug-likeness (QED) is 0.610. The second-order valence-corrected chi connectivity index (χ2v) is 6.14. The van der Waals surface area contributed by atoms with Gasteiger partial charge in [-0.15, -0.1) is 0 Å². The minimum Gasteiger partial charge on any atom is -0.488 e. The summed E-state index contributed by atoms with van der Waals surface area (Å²) in [6.45, 7) is 0.463. The number of carboxylic acids is 1. The van der Waals surface area contributed by atoms with E-state index in [2.05, 4.69) is 40.2 Å². The van der Waals surface area contributed by atoms with Crippen molar-refractivity contribution in [2.75, 3.05) is 0 Å². The van der Waals surface area contributed by atoms with Crippen molar-refractivity contribution in [2.24, 2.45) is 0 Å². The SMILES string of the molecule is O=C(O)C=Cc1ccc(OCc2cccc3ccccc23)c(Br)c1. The Kier molecular flexibility index (Phi) is 4.96. The lowest BCUT2D eigenvalue weighted by Gasteiger charge is -2.11. The van der Waals surface area contributed by atoms with Gasteiger partial charge in [0.15, 0.2) is 0 Å². The van der Waals surface area contributed by atoms with Gasteiger partial charge in [-0.3, -0.25) is 0 Å². The molecule has 0 aliphatic rings. The summed E-state index contributed by atoms with van der Waals surface area (Å²) < 4.78 is 6.71. The normalized spacial score (nSPS) is 11.0. The highest BCUT2D eigenvalue weighted by Gasteiger charge is 2.05. The van der Waals surface area contributed by atoms with Gasteiger partial charge < -0.3 is 9.84 Å². The summed E-state index contributed by atoms with van der Waals surface area (Å²) in [6.07, 6.45) is 2.65. The summed E-state index contributed by atoms with van der Waals surface area (Å²) in [5.74, 6) is -0.252. The van der Waals surface area contributed by atoms with Crippen molar-refractivity contribution >= 4 is 38.7 Å². The zero-order valence-electron chi connectivity index (χ0n) is 12.8. The van der Waals surface area contributed by atoms with Crippen molar-refractivity contribution < 1.29 is 14.6 Å². The third-order valence-electron chi connectivity index (χ3n) is 3.64. The van der Waals surface area contributed by atoms with Crippen LogP contribution < -0.4 is 4.74 Å². The van der Waals surface area contributed by atoms with E-state index in [-0.39, 0.29) is 0 Å². The number of carbonyl (C=O) groups is 1. The Morgan fingerprint density at radius 3 is 2.67 bits per heavy atom. The smallest absolute Gasteiger partial charge is 0.328 e. The number of carboxylic acid groups (broad SMARTS) is 1. The largest absolute Gasteiger partial charge is 0.488 e. The summed E-state index contributed by atoms with van der Waals surface area (Å²) in [6, 6.07) is 19.9. The zero-order chi connectivity index (χ0) is 16.9. The van der Waals surface area contributed by atoms with Gasteiger partial charge in [0.25, 0.3) is 0 Å². The number of halogens is 1. The molecule has 3 rings (SSSR count). The fourth-order valence-electron chi connectivity index (χ4n) is 2.48. The predicted octanol–water partition coefficient (Wildman–Crippen LogP) is 5.28. The van der Waals surface area contributed by atoms with E-state index in [0.29, 0.717) is 6.61 Å². The van der Waals surface area contributed by atoms with Crippen LogP contribution in [0.1, 0.15) is 11.1 Å². The number of hydrogen-bond donors (Lipinski definition) is 1. The highest BCUT2D eigenvalue weighted by molar-refractivity contribution is 9.10. The van der Waals surface area contributed by atoms with E-state index in [1.165, 1.54) is 10.8 Å². The first-order valence-corrected chi connectivity index (χ1v) is 8.23. The summed E-state index contributed by atoms with van der Waals surface area (Å²) in [4.78, 5) is 10.6. The average molecular weight is 383 g/mol. The van der Waals surface area contributed by atoms with Crippen LogP contribution in [0.25, 0.3) is 16.8 Å². The molecule has 1 N–H and O–H groups in total. The van der Waals surface area contributed by atoms with E-state index in [0.717, 1.165) is 27.4 Å². The van der Waals surface area contributed by atoms with E-state index in [1.807, 2.05) is 36.4 Å². The van der Waals surface area contributed by atoms with Crippen molar-refractivity contribution in [1.29, 1.82) is 0 Å². The van der Waals surface area contributed by atoms with Crippen LogP contribution in [0.2, 0.25) is 0 Å². The first-order chi connectivity index (χ1) is 11.6. The van der Waals surface area contributed by atoms with Gasteiger partial charge in [-0.05, 0) is 56.0 Å². The lowest BCUT2D eigenvalue weighted by atomic mass is 10.1. The maximum absolute atomic E-state index is 10.6. The molecule has 120 valence electrons. The Bertz CT molecular complexity index is 910. The molecule has 0 radical (unpaired) electrons. The maximum Gasteiger partial charge on any atom is 0.328 e. The van der Waals surface area contributed by atoms with Crippen molar-refractivity contribution in [3.05, 3.63) is 82.3 Å². The Balaban J connectivity index is 1.78. The van der Waals surface area contributed by atoms with Gasteiger partial charge in [0.1, 0.15) is 12.4 Å². The number of hydrogen-bond acceptors (Lipinski definition) is 2. The number of fused-ring (bicyclic) bond motifs is 1. The van der Waals surface area contributed by atoms with Gasteiger partial charge in [0.05, 0.1) is 4.47 Å². The van der Waals surface area contributed by atoms with Crippen molar-refractivity contribution in [3.63, 3.8) is 0 Å². The highest BCUT2D eigenvalue weighted by atomic mass is 79.9. The highest BCUT2D eigenvalue weighted by Crippen LogP contribution is 2.28. The fraction of sp³-hybridized carbons (Fsp3) is 0.0500. The van der Waals surface area contributed by atoms with Crippen LogP contribution in [0, 0.1) is 0 Å². The molecule has 3 aromatic rings. The Labute approximate surface area is 148 Å². The number of aliphatic carboxylic acids is 1. The van der Waals surface area contributed by atoms with Gasteiger partial charge in [0.2, 0.25) is 0 Å². The molecular formula is C20H15BrO3. The van der Waals surface area contributed by atoms with Gasteiger partial charge >= 0.3 is 5.97 Å². The zero-order valence-corrected chi connectivity index (χ0v) is 14.4. The van der Waals surface area contributed by atoms with Gasteiger partial charge in [-0.2, -0.15) is 0 Å². The van der Waals surface area contributed by atoms with E-state index < -0.39 is 5.97 Å². The third kappa shape index (κ3) is 3.84. The van der Waals surface area contributed by atoms with Crippen LogP contribution >= 0.6 is 15.9 Å². The topological polar surface area (TPSA) is 46.5 Å². The third-order valence-corrected chi connectivity index (χ3v) is 4.26. The van der Waals surface area contributed by atoms with Crippen LogP contribution in [0.15, 0.2) is 71.2 Å². The number of rotatable bonds is 5. The molecule has 0 fully saturated rings. The molecule has 0 spiro atoms. The molecule has 0 bridgehead atoms. The lowest BCUT2D eigenvalue weighted by molar-refractivity contribution is -0.131. The van der Waals surface area contributed by atoms with Crippen LogP contribution in [-0.2, 0) is 11.4 Å². The number of ether oxygens (including phenoxy) is 1. The molecule has 0 aromatic heterocycles. The molecule has 0 unspecified atom stereocenters. The molecule has 0 atom stereocenters. The summed E-state index contributed by atoms with van der Waals surface area (Å²) >= 11 is 3.47. The van der Waals surface area contributed by atoms with Crippen molar-refractivity contribution in [3.8, 4) is 5.75 Å². The van der Waals surface area contributed by atoms with E-state index in [9.17, 15) is 4.79 Å². The molecule has 0 saturated carbocycles. The fourth-order valence-corrected chi connectivity index (χ4v) is 2.99. The second kappa shape index (κ2) is 7.32. The van der Waals surface area contributed by atoms with Gasteiger partial charge in [0, 0.05) is 6.08 Å². The van der Waals surface area contributed by atoms with Crippen LogP contribution in [0.3, 0.4) is 0 Å². The molecule has 0 amide bonds. The first kappa shape index (κ1) is 16.3. The lowest BCUT2D eigenvalue weighted by Crippen LogP contribution is -1.97. The minimum absolute atomic E-state index is 0.463. The van der Waals surface area contributed by atoms with Crippen molar-refractivity contribution in [2.45, 2.75) is 6.61 Å². The summed E-state index contributed by atoms with van der Waals surface area (Å²) in [7, 11) is 0. The molecule has 3 nitrogen and oxygen atoms in total. The Hall–Kier alpha value is -2.59. The first-order valence-electron chi connectivity index (χ1n) is 7.43. The number of benzene rings is 3. The molecule has 0 saturated heterocycles. The monoisotopic (exact) mass is 382 g/mol. The molecular weight excluding hydrogens is 368 g/mol. The van der Waals surface area contributed by atoms with E-state index in [4.69, 9.17) is 9.84 Å². The van der Waals surface area contributed by atoms with Gasteiger partial charge in [-0.1, -0.05) is 48.5 Å². The standard InChI is InChI=1S/C20H15BrO3/c21-18-12-14(9-11-20(22)23)8-10-19(18)24-13-16-6-3-5-15-4-1-2-7-17(15)16/h1-12H,13H2,(H,22,23). The molecule has 0 aliphatic carbocycles. The molecule has 4 heteroatoms. The van der Waals surface area contributed by atoms with Crippen LogP contribution in [-0.4, -0.2) is 11.1 Å². The molecule has 24 heavy (non-hydrogen) atoms. The molecule has 0 heterocycles. The van der Waals surface area contributed by atoms with Gasteiger partial charge in [-0.25, -0.2) is 4.79 Å². The second-order valence-electron chi connectivity index (χ2n) is 5.29. The maximum atomic E-state index is 10.6. The molecule has 0 aliphatic heterocycles. The van der Waals surface area contributed by atoms with Crippen LogP contribution in [0.5, 0.6) is 5.75 Å². The predicted molar refractivity (Wildman–Crippen MR) is 99.1 cm³/mol. The molecule has 3 aromatic carbocycles. The average Bonchev–Trinajstić information content (AvgIpc) is 2.59. The van der Waals surface area contributed by atoms with Crippen LogP contribution in [0.4, 0.5) is 0 Å².